The molecule has 0 saturated carbocycles. The molecule has 0 amide bonds. The summed E-state index contributed by atoms with van der Waals surface area (Å²) in [5.41, 5.74) is 0. The van der Waals surface area contributed by atoms with E-state index in [0.717, 1.165) is 0 Å². The van der Waals surface area contributed by atoms with E-state index in [1.54, 1.807) is 0 Å². The van der Waals surface area contributed by atoms with Crippen molar-refractivity contribution < 1.29 is 104 Å². The van der Waals surface area contributed by atoms with Gasteiger partial charge in [0.2, 0.25) is 0 Å². The molecule has 0 radical (unpaired) electrons. The molecule has 0 atom stereocenters. The van der Waals surface area contributed by atoms with Crippen molar-refractivity contribution in [2.75, 3.05) is 0 Å². The van der Waals surface area contributed by atoms with Gasteiger partial charge in [0.25, 0.3) is 0 Å². The molecule has 0 unspecified atom stereocenters. The molecule has 0 N–H and O–H groups in total. The molecule has 3 nitrogen and oxygen atoms in total. The van der Waals surface area contributed by atoms with E-state index >= 15 is 0 Å². The van der Waals surface area contributed by atoms with E-state index in [9.17, 15) is 74.4 Å². The first kappa shape index (κ1) is 33.1. The van der Waals surface area contributed by atoms with Crippen LogP contribution in [0.4, 0.5) is 61.5 Å². The molecule has 0 aromatic carbocycles. The Morgan fingerprint density at radius 1 is 0.613 bits per heavy atom. The fraction of sp³-hybridized carbons (Fsp3) is 1.00. The number of halogens is 14. The van der Waals surface area contributed by atoms with Gasteiger partial charge in [-0.15, -0.1) is 0 Å². The van der Waals surface area contributed by atoms with Crippen LogP contribution in [0.1, 0.15) is 32.6 Å². The monoisotopic (exact) mass is 524 g/mol. The second kappa shape index (κ2) is 9.29. The topological polar surface area (TPSA) is 57.2 Å². The van der Waals surface area contributed by atoms with Gasteiger partial charge < -0.3 is 4.55 Å². The van der Waals surface area contributed by atoms with E-state index in [1.165, 1.54) is 6.92 Å². The standard InChI is InChI=1S/C12H12F14O3S.Na/c1-2-3-4-5-6(13,14)7(15,16)8(17,18)9(19,20)10(21,22)11(23,24)12(25,26)30(27,28)29;/h2-5H2,1H3,(H,27,28,29);/q;+1/p-1. The summed E-state index contributed by atoms with van der Waals surface area (Å²) in [6.45, 7) is 1.28. The van der Waals surface area contributed by atoms with E-state index in [1.807, 2.05) is 0 Å². The summed E-state index contributed by atoms with van der Waals surface area (Å²) in [6, 6.07) is 0. The number of unbranched alkanes of at least 4 members (excludes halogenated alkanes) is 2. The molecule has 19 heteroatoms. The van der Waals surface area contributed by atoms with Crippen molar-refractivity contribution in [2.45, 2.75) is 73.4 Å². The Balaban J connectivity index is 0. The maximum absolute atomic E-state index is 13.4. The van der Waals surface area contributed by atoms with Gasteiger partial charge in [0.15, 0.2) is 10.1 Å². The second-order valence-electron chi connectivity index (χ2n) is 6.00. The fourth-order valence-corrected chi connectivity index (χ4v) is 2.36. The Hall–Kier alpha value is -0.0700. The molecule has 31 heavy (non-hydrogen) atoms. The predicted octanol–water partition coefficient (Wildman–Crippen LogP) is 2.52. The molecule has 182 valence electrons. The van der Waals surface area contributed by atoms with Crippen molar-refractivity contribution >= 4 is 10.1 Å². The largest absolute Gasteiger partial charge is 1.00 e. The second-order valence-corrected chi connectivity index (χ2v) is 7.43. The van der Waals surface area contributed by atoms with E-state index < -0.39 is 63.7 Å². The van der Waals surface area contributed by atoms with Crippen molar-refractivity contribution in [3.05, 3.63) is 0 Å². The van der Waals surface area contributed by atoms with Gasteiger partial charge >= 0.3 is 70.3 Å². The van der Waals surface area contributed by atoms with Crippen LogP contribution in [0.15, 0.2) is 0 Å². The van der Waals surface area contributed by atoms with Gasteiger partial charge in [-0.2, -0.15) is 61.5 Å². The summed E-state index contributed by atoms with van der Waals surface area (Å²) in [4.78, 5) is 0. The molecular weight excluding hydrogens is 513 g/mol. The Morgan fingerprint density at radius 2 is 0.935 bits per heavy atom. The zero-order valence-corrected chi connectivity index (χ0v) is 18.1. The number of hydrogen-bond acceptors (Lipinski definition) is 3. The van der Waals surface area contributed by atoms with E-state index in [0.29, 0.717) is 0 Å². The van der Waals surface area contributed by atoms with Crippen molar-refractivity contribution in [2.24, 2.45) is 0 Å². The molecule has 0 fully saturated rings. The first-order valence-corrected chi connectivity index (χ1v) is 8.82. The van der Waals surface area contributed by atoms with Gasteiger partial charge in [0.1, 0.15) is 0 Å². The van der Waals surface area contributed by atoms with Crippen LogP contribution in [0.2, 0.25) is 0 Å². The summed E-state index contributed by atoms with van der Waals surface area (Å²) in [5.74, 6) is -46.9. The third-order valence-corrected chi connectivity index (χ3v) is 4.69. The molecular formula is C12H11F14NaO3S. The minimum Gasteiger partial charge on any atom is -0.743 e. The van der Waals surface area contributed by atoms with Crippen molar-refractivity contribution in [1.29, 1.82) is 0 Å². The van der Waals surface area contributed by atoms with Gasteiger partial charge in [-0.1, -0.05) is 19.8 Å². The van der Waals surface area contributed by atoms with E-state index in [-0.39, 0.29) is 42.4 Å². The van der Waals surface area contributed by atoms with Gasteiger partial charge in [-0.25, -0.2) is 8.42 Å². The first-order valence-electron chi connectivity index (χ1n) is 7.41. The number of rotatable bonds is 11. The molecule has 0 bridgehead atoms. The SMILES string of the molecule is CCCCCC(F)(F)C(F)(F)C(F)(F)C(F)(F)C(F)(F)C(F)(F)C(F)(F)S(=O)(=O)[O-].[Na+]. The number of hydrogen-bond donors (Lipinski definition) is 0. The molecule has 0 spiro atoms. The van der Waals surface area contributed by atoms with Crippen molar-refractivity contribution in [3.8, 4) is 0 Å². The summed E-state index contributed by atoms with van der Waals surface area (Å²) in [5, 5.41) is -7.72. The molecule has 0 aromatic heterocycles. The van der Waals surface area contributed by atoms with Gasteiger partial charge in [-0.3, -0.25) is 0 Å². The minimum absolute atomic E-state index is 0. The Bertz CT molecular complexity index is 722. The molecule has 0 saturated heterocycles. The van der Waals surface area contributed by atoms with Crippen LogP contribution in [-0.4, -0.2) is 53.8 Å². The van der Waals surface area contributed by atoms with Crippen LogP contribution in [0.25, 0.3) is 0 Å². The van der Waals surface area contributed by atoms with Gasteiger partial charge in [0, 0.05) is 6.42 Å². The van der Waals surface area contributed by atoms with Crippen LogP contribution in [0.3, 0.4) is 0 Å². The van der Waals surface area contributed by atoms with E-state index in [2.05, 4.69) is 0 Å². The van der Waals surface area contributed by atoms with Gasteiger partial charge in [0.05, 0.1) is 0 Å². The Kier molecular flexibility index (Phi) is 9.92. The molecule has 0 aromatic rings. The maximum atomic E-state index is 13.4. The summed E-state index contributed by atoms with van der Waals surface area (Å²) < 4.78 is 216. The van der Waals surface area contributed by atoms with Crippen LogP contribution in [0, 0.1) is 0 Å². The normalized spacial score (nSPS) is 15.6. The average molecular weight is 524 g/mol. The molecule has 0 aliphatic heterocycles. The van der Waals surface area contributed by atoms with Crippen LogP contribution >= 0.6 is 0 Å². The molecule has 0 rings (SSSR count). The smallest absolute Gasteiger partial charge is 0.743 e. The van der Waals surface area contributed by atoms with Crippen LogP contribution in [0.5, 0.6) is 0 Å². The first-order chi connectivity index (χ1) is 12.8. The van der Waals surface area contributed by atoms with Crippen molar-refractivity contribution in [3.63, 3.8) is 0 Å². The van der Waals surface area contributed by atoms with Gasteiger partial charge in [-0.05, 0) is 6.42 Å². The summed E-state index contributed by atoms with van der Waals surface area (Å²) >= 11 is 0. The Labute approximate surface area is 187 Å². The average Bonchev–Trinajstić information content (AvgIpc) is 2.52. The van der Waals surface area contributed by atoms with Crippen LogP contribution in [-0.2, 0) is 10.1 Å². The molecule has 0 aliphatic carbocycles. The zero-order valence-electron chi connectivity index (χ0n) is 15.3. The third-order valence-electron chi connectivity index (χ3n) is 3.81. The Morgan fingerprint density at radius 3 is 1.26 bits per heavy atom. The maximum Gasteiger partial charge on any atom is 1.00 e. The van der Waals surface area contributed by atoms with Crippen molar-refractivity contribution in [1.82, 2.24) is 0 Å². The minimum atomic E-state index is -8.42. The van der Waals surface area contributed by atoms with Crippen LogP contribution < -0.4 is 29.6 Å². The third kappa shape index (κ3) is 4.91. The van der Waals surface area contributed by atoms with E-state index in [4.69, 9.17) is 0 Å². The zero-order chi connectivity index (χ0) is 24.8. The predicted molar refractivity (Wildman–Crippen MR) is 68.5 cm³/mol. The number of alkyl halides is 14. The molecule has 0 aliphatic rings. The summed E-state index contributed by atoms with van der Waals surface area (Å²) in [7, 11) is -7.96. The molecule has 0 heterocycles. The summed E-state index contributed by atoms with van der Waals surface area (Å²) in [6.07, 6.45) is -3.72. The quantitative estimate of drug-likeness (QED) is 0.181. The fourth-order valence-electron chi connectivity index (χ4n) is 1.91.